The van der Waals surface area contributed by atoms with Crippen molar-refractivity contribution >= 4 is 16.0 Å². The van der Waals surface area contributed by atoms with Gasteiger partial charge in [-0.2, -0.15) is 13.1 Å². The normalized spacial score (nSPS) is 17.0. The Morgan fingerprint density at radius 2 is 2.00 bits per heavy atom. The Bertz CT molecular complexity index is 745. The molecule has 0 aromatic carbocycles. The molecule has 1 aromatic heterocycles. The lowest BCUT2D eigenvalue weighted by molar-refractivity contribution is 0.0668. The minimum absolute atomic E-state index is 0.0119. The highest BCUT2D eigenvalue weighted by Crippen LogP contribution is 2.13. The van der Waals surface area contributed by atoms with E-state index in [2.05, 4.69) is 15.3 Å². The number of imidazole rings is 1. The molecule has 0 atom stereocenters. The van der Waals surface area contributed by atoms with E-state index in [-0.39, 0.29) is 30.8 Å². The Morgan fingerprint density at radius 1 is 1.32 bits per heavy atom. The van der Waals surface area contributed by atoms with Crippen LogP contribution in [-0.2, 0) is 21.3 Å². The van der Waals surface area contributed by atoms with Crippen LogP contribution in [0.25, 0.3) is 0 Å². The fourth-order valence-corrected chi connectivity index (χ4v) is 4.13. The quantitative estimate of drug-likeness (QED) is 0.491. The molecule has 1 N–H and O–H groups in total. The molecule has 0 saturated carbocycles. The van der Waals surface area contributed by atoms with Crippen molar-refractivity contribution in [3.8, 4) is 0 Å². The van der Waals surface area contributed by atoms with E-state index in [1.165, 1.54) is 16.7 Å². The van der Waals surface area contributed by atoms with Crippen LogP contribution in [0.1, 0.15) is 26.2 Å². The second-order valence-corrected chi connectivity index (χ2v) is 8.64. The maximum atomic E-state index is 12.9. The summed E-state index contributed by atoms with van der Waals surface area (Å²) in [4.78, 5) is 9.98. The van der Waals surface area contributed by atoms with Crippen LogP contribution >= 0.6 is 0 Å². The molecule has 0 radical (unpaired) electrons. The molecule has 1 aromatic rings. The Balaban J connectivity index is 1.86. The number of nitrogens with zero attached hydrogens (tertiary/aromatic N) is 5. The number of nitrogens with one attached hydrogen (secondary N) is 1. The van der Waals surface area contributed by atoms with E-state index >= 15 is 0 Å². The van der Waals surface area contributed by atoms with Gasteiger partial charge < -0.3 is 15.0 Å². The van der Waals surface area contributed by atoms with Crippen LogP contribution in [0, 0.1) is 0 Å². The van der Waals surface area contributed by atoms with Crippen LogP contribution in [0.2, 0.25) is 0 Å². The lowest BCUT2D eigenvalue weighted by atomic mass is 10.4. The van der Waals surface area contributed by atoms with Gasteiger partial charge in [-0.05, 0) is 13.8 Å². The third-order valence-electron chi connectivity index (χ3n) is 4.30. The Morgan fingerprint density at radius 3 is 2.57 bits per heavy atom. The topological polar surface area (TPSA) is 92.1 Å². The number of hydrogen-bond acceptors (Lipinski definition) is 5. The summed E-state index contributed by atoms with van der Waals surface area (Å²) < 4.78 is 58.1. The number of ether oxygens (including phenoxy) is 1. The number of piperazine rings is 1. The first-order valence-electron chi connectivity index (χ1n) is 9.09. The van der Waals surface area contributed by atoms with Crippen LogP contribution in [0.15, 0.2) is 17.4 Å². The largest absolute Gasteiger partial charge is 0.378 e. The smallest absolute Gasteiger partial charge is 0.319 e. The number of halogens is 2. The summed E-state index contributed by atoms with van der Waals surface area (Å²) in [7, 11) is -1.78. The van der Waals surface area contributed by atoms with Crippen molar-refractivity contribution in [2.45, 2.75) is 33.0 Å². The van der Waals surface area contributed by atoms with Crippen LogP contribution in [-0.4, -0.2) is 84.8 Å². The molecule has 160 valence electrons. The highest BCUT2D eigenvalue weighted by molar-refractivity contribution is 7.89. The highest BCUT2D eigenvalue weighted by Gasteiger charge is 2.28. The Kier molecular flexibility index (Phi) is 8.13. The van der Waals surface area contributed by atoms with E-state index in [0.717, 1.165) is 4.57 Å². The zero-order valence-corrected chi connectivity index (χ0v) is 17.2. The van der Waals surface area contributed by atoms with Gasteiger partial charge in [0.2, 0.25) is 10.0 Å². The molecule has 1 saturated heterocycles. The van der Waals surface area contributed by atoms with E-state index in [1.54, 1.807) is 7.05 Å². The van der Waals surface area contributed by atoms with Gasteiger partial charge in [-0.3, -0.25) is 9.56 Å². The molecular formula is C16H28F2N6O3S. The summed E-state index contributed by atoms with van der Waals surface area (Å²) in [6, 6.07) is 0. The molecule has 0 unspecified atom stereocenters. The predicted molar refractivity (Wildman–Crippen MR) is 102 cm³/mol. The average molecular weight is 423 g/mol. The van der Waals surface area contributed by atoms with E-state index in [4.69, 9.17) is 4.74 Å². The van der Waals surface area contributed by atoms with E-state index in [0.29, 0.717) is 32.1 Å². The molecule has 0 spiro atoms. The van der Waals surface area contributed by atoms with Crippen LogP contribution < -0.4 is 5.32 Å². The second-order valence-electron chi connectivity index (χ2n) is 6.55. The maximum Gasteiger partial charge on any atom is 0.319 e. The lowest BCUT2D eigenvalue weighted by Gasteiger charge is -2.35. The number of sulfonamides is 1. The molecule has 9 nitrogen and oxygen atoms in total. The van der Waals surface area contributed by atoms with Crippen molar-refractivity contribution in [1.82, 2.24) is 24.1 Å². The molecular weight excluding hydrogens is 394 g/mol. The standard InChI is InChI=1S/C16H28F2N6O3S/c1-13(2)27-10-11-28(25,26)23-8-6-22(7-9-23)16(19-3)21-12-14-20-4-5-24(14)15(17)18/h4-5,13,15H,6-12H2,1-3H3,(H,19,21). The minimum atomic E-state index is -3.37. The van der Waals surface area contributed by atoms with Crippen LogP contribution in [0.5, 0.6) is 0 Å². The molecule has 0 bridgehead atoms. The summed E-state index contributed by atoms with van der Waals surface area (Å²) >= 11 is 0. The number of aromatic nitrogens is 2. The van der Waals surface area contributed by atoms with Gasteiger partial charge in [0.1, 0.15) is 5.82 Å². The van der Waals surface area contributed by atoms with Gasteiger partial charge in [0.25, 0.3) is 0 Å². The fraction of sp³-hybridized carbons (Fsp3) is 0.750. The summed E-state index contributed by atoms with van der Waals surface area (Å²) in [6.07, 6.45) is 2.53. The lowest BCUT2D eigenvalue weighted by Crippen LogP contribution is -2.54. The van der Waals surface area contributed by atoms with Crippen LogP contribution in [0.4, 0.5) is 8.78 Å². The Labute approximate surface area is 164 Å². The minimum Gasteiger partial charge on any atom is -0.378 e. The first-order chi connectivity index (χ1) is 13.2. The van der Waals surface area contributed by atoms with Crippen LogP contribution in [0.3, 0.4) is 0 Å². The van der Waals surface area contributed by atoms with Crippen molar-refractivity contribution in [2.24, 2.45) is 4.99 Å². The van der Waals surface area contributed by atoms with E-state index < -0.39 is 16.6 Å². The maximum absolute atomic E-state index is 12.9. The van der Waals surface area contributed by atoms with Gasteiger partial charge in [0.15, 0.2) is 5.96 Å². The van der Waals surface area contributed by atoms with Gasteiger partial charge in [-0.25, -0.2) is 13.4 Å². The zero-order valence-electron chi connectivity index (χ0n) is 16.4. The van der Waals surface area contributed by atoms with Gasteiger partial charge >= 0.3 is 6.55 Å². The second kappa shape index (κ2) is 10.1. The van der Waals surface area contributed by atoms with Crippen molar-refractivity contribution < 1.29 is 21.9 Å². The van der Waals surface area contributed by atoms with Gasteiger partial charge in [-0.15, -0.1) is 0 Å². The summed E-state index contributed by atoms with van der Waals surface area (Å²) in [5, 5.41) is 3.01. The molecule has 1 aliphatic heterocycles. The first-order valence-corrected chi connectivity index (χ1v) is 10.7. The monoisotopic (exact) mass is 422 g/mol. The predicted octanol–water partition coefficient (Wildman–Crippen LogP) is 0.726. The summed E-state index contributed by atoms with van der Waals surface area (Å²) in [5.74, 6) is 0.667. The summed E-state index contributed by atoms with van der Waals surface area (Å²) in [6.45, 7) is 2.88. The third kappa shape index (κ3) is 6.11. The molecule has 1 aliphatic rings. The summed E-state index contributed by atoms with van der Waals surface area (Å²) in [5.41, 5.74) is 0. The number of guanidine groups is 1. The number of aliphatic imine (C=N–C) groups is 1. The van der Waals surface area contributed by atoms with Crippen molar-refractivity contribution in [3.05, 3.63) is 18.2 Å². The van der Waals surface area contributed by atoms with Crippen molar-refractivity contribution in [2.75, 3.05) is 45.6 Å². The number of alkyl halides is 2. The van der Waals surface area contributed by atoms with Gasteiger partial charge in [0.05, 0.1) is 25.0 Å². The van der Waals surface area contributed by atoms with E-state index in [1.807, 2.05) is 18.7 Å². The molecule has 0 aliphatic carbocycles. The van der Waals surface area contributed by atoms with E-state index in [9.17, 15) is 17.2 Å². The first kappa shape index (κ1) is 22.5. The fourth-order valence-electron chi connectivity index (χ4n) is 2.85. The Hall–Kier alpha value is -1.79. The third-order valence-corrected chi connectivity index (χ3v) is 6.13. The molecule has 2 heterocycles. The SMILES string of the molecule is CN=C(NCc1nccn1C(F)F)N1CCN(S(=O)(=O)CCOC(C)C)CC1. The van der Waals surface area contributed by atoms with Crippen molar-refractivity contribution in [1.29, 1.82) is 0 Å². The zero-order chi connectivity index (χ0) is 20.7. The number of rotatable bonds is 8. The number of hydrogen-bond donors (Lipinski definition) is 1. The van der Waals surface area contributed by atoms with Gasteiger partial charge in [-0.1, -0.05) is 0 Å². The highest BCUT2D eigenvalue weighted by atomic mass is 32.2. The van der Waals surface area contributed by atoms with Crippen molar-refractivity contribution in [3.63, 3.8) is 0 Å². The molecule has 0 amide bonds. The molecule has 1 fully saturated rings. The molecule has 28 heavy (non-hydrogen) atoms. The molecule has 12 heteroatoms. The molecule has 2 rings (SSSR count). The average Bonchev–Trinajstić information content (AvgIpc) is 3.11. The van der Waals surface area contributed by atoms with Gasteiger partial charge in [0, 0.05) is 45.6 Å².